The van der Waals surface area contributed by atoms with E-state index < -0.39 is 29.5 Å². The van der Waals surface area contributed by atoms with Crippen LogP contribution in [0.25, 0.3) is 0 Å². The second kappa shape index (κ2) is 5.50. The molecule has 20 heavy (non-hydrogen) atoms. The number of aromatic hydroxyl groups is 1. The van der Waals surface area contributed by atoms with Gasteiger partial charge in [-0.05, 0) is 26.8 Å². The Kier molecular flexibility index (Phi) is 4.39. The van der Waals surface area contributed by atoms with E-state index in [0.29, 0.717) is 0 Å². The third kappa shape index (κ3) is 3.71. The molecule has 0 aliphatic carbocycles. The number of para-hydroxylation sites is 1. The highest BCUT2D eigenvalue weighted by Crippen LogP contribution is 2.32. The first-order chi connectivity index (χ1) is 9.06. The van der Waals surface area contributed by atoms with Crippen LogP contribution in [-0.4, -0.2) is 27.8 Å². The summed E-state index contributed by atoms with van der Waals surface area (Å²) in [7, 11) is 0. The number of nitrogens with two attached hydrogens (primary N) is 1. The summed E-state index contributed by atoms with van der Waals surface area (Å²) in [5.74, 6) is -2.40. The topological polar surface area (TPSA) is 110 Å². The van der Waals surface area contributed by atoms with E-state index in [0.717, 1.165) is 0 Å². The Morgan fingerprint density at radius 3 is 2.25 bits per heavy atom. The van der Waals surface area contributed by atoms with Crippen molar-refractivity contribution in [2.45, 2.75) is 38.3 Å². The number of benzene rings is 1. The molecule has 6 nitrogen and oxygen atoms in total. The molecule has 6 heteroatoms. The van der Waals surface area contributed by atoms with E-state index in [1.165, 1.54) is 12.1 Å². The number of carbonyl (C=O) groups excluding carboxylic acids is 1. The number of hydrogen-bond donors (Lipinski definition) is 3. The zero-order valence-corrected chi connectivity index (χ0v) is 11.7. The Balaban J connectivity index is 3.26. The van der Waals surface area contributed by atoms with Crippen LogP contribution < -0.4 is 5.73 Å². The SMILES string of the molecule is CC(C)(C)OC(=O)[C@](N)(CC(=O)O)c1ccccc1O. The maximum Gasteiger partial charge on any atom is 0.332 e. The maximum atomic E-state index is 12.2. The van der Waals surface area contributed by atoms with Gasteiger partial charge in [0.25, 0.3) is 0 Å². The molecule has 1 aromatic carbocycles. The molecule has 110 valence electrons. The highest BCUT2D eigenvalue weighted by Gasteiger charge is 2.43. The van der Waals surface area contributed by atoms with Gasteiger partial charge in [-0.25, -0.2) is 4.79 Å². The number of esters is 1. The van der Waals surface area contributed by atoms with Crippen LogP contribution in [0, 0.1) is 0 Å². The van der Waals surface area contributed by atoms with Crippen LogP contribution in [0.4, 0.5) is 0 Å². The molecule has 0 amide bonds. The second-order valence-corrected chi connectivity index (χ2v) is 5.56. The maximum absolute atomic E-state index is 12.2. The van der Waals surface area contributed by atoms with Gasteiger partial charge in [0.2, 0.25) is 0 Å². The van der Waals surface area contributed by atoms with Gasteiger partial charge in [-0.2, -0.15) is 0 Å². The van der Waals surface area contributed by atoms with Crippen LogP contribution in [0.2, 0.25) is 0 Å². The summed E-state index contributed by atoms with van der Waals surface area (Å²) >= 11 is 0. The van der Waals surface area contributed by atoms with Gasteiger partial charge >= 0.3 is 11.9 Å². The number of rotatable bonds is 4. The van der Waals surface area contributed by atoms with Crippen molar-refractivity contribution in [3.63, 3.8) is 0 Å². The van der Waals surface area contributed by atoms with Gasteiger partial charge in [0.1, 0.15) is 11.4 Å². The highest BCUT2D eigenvalue weighted by molar-refractivity contribution is 5.88. The standard InChI is InChI=1S/C14H19NO5/c1-13(2,3)20-12(19)14(15,8-11(17)18)9-6-4-5-7-10(9)16/h4-7,16H,8,15H2,1-3H3,(H,17,18)/t14-/m0/s1. The summed E-state index contributed by atoms with van der Waals surface area (Å²) < 4.78 is 5.17. The van der Waals surface area contributed by atoms with Crippen LogP contribution in [0.5, 0.6) is 5.75 Å². The van der Waals surface area contributed by atoms with Gasteiger partial charge in [-0.15, -0.1) is 0 Å². The van der Waals surface area contributed by atoms with E-state index in [1.54, 1.807) is 32.9 Å². The van der Waals surface area contributed by atoms with Gasteiger partial charge in [0, 0.05) is 5.56 Å². The fourth-order valence-corrected chi connectivity index (χ4v) is 1.74. The quantitative estimate of drug-likeness (QED) is 0.719. The van der Waals surface area contributed by atoms with E-state index in [9.17, 15) is 14.7 Å². The van der Waals surface area contributed by atoms with Crippen molar-refractivity contribution < 1.29 is 24.5 Å². The molecule has 0 aliphatic heterocycles. The molecule has 0 saturated heterocycles. The Morgan fingerprint density at radius 2 is 1.80 bits per heavy atom. The number of hydrogen-bond acceptors (Lipinski definition) is 5. The van der Waals surface area contributed by atoms with E-state index >= 15 is 0 Å². The molecular formula is C14H19NO5. The number of phenolic OH excluding ortho intramolecular Hbond substituents is 1. The molecule has 0 bridgehead atoms. The molecular weight excluding hydrogens is 262 g/mol. The molecule has 0 heterocycles. The number of carbonyl (C=O) groups is 2. The third-order valence-corrected chi connectivity index (χ3v) is 2.58. The molecule has 0 radical (unpaired) electrons. The summed E-state index contributed by atoms with van der Waals surface area (Å²) in [5, 5.41) is 18.8. The molecule has 0 saturated carbocycles. The van der Waals surface area contributed by atoms with Crippen LogP contribution in [0.3, 0.4) is 0 Å². The molecule has 1 aromatic rings. The Labute approximate surface area is 117 Å². The predicted molar refractivity (Wildman–Crippen MR) is 72.1 cm³/mol. The van der Waals surface area contributed by atoms with Gasteiger partial charge in [0.15, 0.2) is 5.54 Å². The lowest BCUT2D eigenvalue weighted by Crippen LogP contribution is -2.49. The zero-order valence-electron chi connectivity index (χ0n) is 11.7. The van der Waals surface area contributed by atoms with E-state index in [-0.39, 0.29) is 11.3 Å². The minimum Gasteiger partial charge on any atom is -0.508 e. The Hall–Kier alpha value is -2.08. The number of carboxylic acids is 1. The summed E-state index contributed by atoms with van der Waals surface area (Å²) in [6.07, 6.45) is -0.681. The lowest BCUT2D eigenvalue weighted by Gasteiger charge is -2.30. The van der Waals surface area contributed by atoms with Crippen molar-refractivity contribution >= 4 is 11.9 Å². The van der Waals surface area contributed by atoms with E-state index in [4.69, 9.17) is 15.6 Å². The number of carboxylic acid groups (broad SMARTS) is 1. The molecule has 0 fully saturated rings. The Bertz CT molecular complexity index is 521. The zero-order chi connectivity index (χ0) is 15.6. The fraction of sp³-hybridized carbons (Fsp3) is 0.429. The van der Waals surface area contributed by atoms with Crippen molar-refractivity contribution in [2.24, 2.45) is 5.73 Å². The number of aliphatic carboxylic acids is 1. The molecule has 1 atom stereocenters. The van der Waals surface area contributed by atoms with Crippen LogP contribution in [0.15, 0.2) is 24.3 Å². The van der Waals surface area contributed by atoms with Gasteiger partial charge in [0.05, 0.1) is 6.42 Å². The average molecular weight is 281 g/mol. The predicted octanol–water partition coefficient (Wildman–Crippen LogP) is 1.36. The normalized spacial score (nSPS) is 14.4. The lowest BCUT2D eigenvalue weighted by molar-refractivity contribution is -0.165. The lowest BCUT2D eigenvalue weighted by atomic mass is 9.86. The molecule has 0 aromatic heterocycles. The van der Waals surface area contributed by atoms with E-state index in [1.807, 2.05) is 0 Å². The first-order valence-electron chi connectivity index (χ1n) is 6.09. The first-order valence-corrected chi connectivity index (χ1v) is 6.09. The Morgan fingerprint density at radius 1 is 1.25 bits per heavy atom. The van der Waals surface area contributed by atoms with Crippen molar-refractivity contribution in [1.29, 1.82) is 0 Å². The third-order valence-electron chi connectivity index (χ3n) is 2.58. The minimum atomic E-state index is -1.94. The van der Waals surface area contributed by atoms with Gasteiger partial charge < -0.3 is 20.7 Å². The van der Waals surface area contributed by atoms with Crippen LogP contribution >= 0.6 is 0 Å². The largest absolute Gasteiger partial charge is 0.508 e. The number of phenols is 1. The summed E-state index contributed by atoms with van der Waals surface area (Å²) in [6, 6.07) is 5.85. The molecule has 1 rings (SSSR count). The smallest absolute Gasteiger partial charge is 0.332 e. The first kappa shape index (κ1) is 16.0. The van der Waals surface area contributed by atoms with Crippen molar-refractivity contribution in [3.05, 3.63) is 29.8 Å². The monoisotopic (exact) mass is 281 g/mol. The molecule has 0 unspecified atom stereocenters. The average Bonchev–Trinajstić information content (AvgIpc) is 2.25. The summed E-state index contributed by atoms with van der Waals surface area (Å²) in [5.41, 5.74) is 3.23. The fourth-order valence-electron chi connectivity index (χ4n) is 1.74. The highest BCUT2D eigenvalue weighted by atomic mass is 16.6. The number of ether oxygens (including phenoxy) is 1. The van der Waals surface area contributed by atoms with E-state index in [2.05, 4.69) is 0 Å². The summed E-state index contributed by atoms with van der Waals surface area (Å²) in [6.45, 7) is 4.95. The van der Waals surface area contributed by atoms with Crippen LogP contribution in [0.1, 0.15) is 32.8 Å². The molecule has 0 spiro atoms. The van der Waals surface area contributed by atoms with Crippen molar-refractivity contribution in [1.82, 2.24) is 0 Å². The molecule has 0 aliphatic rings. The van der Waals surface area contributed by atoms with Crippen molar-refractivity contribution in [2.75, 3.05) is 0 Å². The molecule has 4 N–H and O–H groups in total. The van der Waals surface area contributed by atoms with Gasteiger partial charge in [-0.3, -0.25) is 4.79 Å². The summed E-state index contributed by atoms with van der Waals surface area (Å²) in [4.78, 5) is 23.2. The van der Waals surface area contributed by atoms with Crippen LogP contribution in [-0.2, 0) is 19.9 Å². The second-order valence-electron chi connectivity index (χ2n) is 5.56. The minimum absolute atomic E-state index is 0.0247. The van der Waals surface area contributed by atoms with Gasteiger partial charge in [-0.1, -0.05) is 18.2 Å². The van der Waals surface area contributed by atoms with Crippen molar-refractivity contribution in [3.8, 4) is 5.75 Å².